The molecule has 112 valence electrons. The molecule has 0 saturated heterocycles. The highest BCUT2D eigenvalue weighted by molar-refractivity contribution is 7.99. The topological polar surface area (TPSA) is 85.9 Å². The van der Waals surface area contributed by atoms with Gasteiger partial charge in [0.25, 0.3) is 0 Å². The monoisotopic (exact) mass is 306 g/mol. The molecule has 1 aliphatic carbocycles. The van der Waals surface area contributed by atoms with Gasteiger partial charge >= 0.3 is 5.69 Å². The summed E-state index contributed by atoms with van der Waals surface area (Å²) in [6.07, 6.45) is 3.04. The van der Waals surface area contributed by atoms with Crippen LogP contribution in [0.4, 0.5) is 5.69 Å². The minimum Gasteiger partial charge on any atom is -0.494 e. The lowest BCUT2D eigenvalue weighted by Crippen LogP contribution is -2.16. The third-order valence-electron chi connectivity index (χ3n) is 3.25. The van der Waals surface area contributed by atoms with E-state index in [9.17, 15) is 4.79 Å². The Labute approximate surface area is 126 Å². The van der Waals surface area contributed by atoms with Gasteiger partial charge in [0.1, 0.15) is 5.75 Å². The highest BCUT2D eigenvalue weighted by Crippen LogP contribution is 2.36. The molecule has 7 heteroatoms. The molecule has 1 aliphatic rings. The number of thioether (sulfide) groups is 1. The van der Waals surface area contributed by atoms with Crippen molar-refractivity contribution in [3.05, 3.63) is 34.7 Å². The first-order valence-electron chi connectivity index (χ1n) is 7.02. The molecule has 1 saturated carbocycles. The van der Waals surface area contributed by atoms with Gasteiger partial charge < -0.3 is 10.5 Å². The van der Waals surface area contributed by atoms with E-state index in [4.69, 9.17) is 10.5 Å². The van der Waals surface area contributed by atoms with E-state index in [1.54, 1.807) is 16.3 Å². The van der Waals surface area contributed by atoms with Crippen LogP contribution in [0.1, 0.15) is 25.3 Å². The molecule has 0 unspecified atom stereocenters. The van der Waals surface area contributed by atoms with Gasteiger partial charge in [-0.05, 0) is 43.5 Å². The maximum absolute atomic E-state index is 11.6. The molecule has 3 N–H and O–H groups in total. The number of benzene rings is 1. The van der Waals surface area contributed by atoms with Gasteiger partial charge in [-0.25, -0.2) is 9.89 Å². The summed E-state index contributed by atoms with van der Waals surface area (Å²) in [7, 11) is 0. The Morgan fingerprint density at radius 3 is 2.86 bits per heavy atom. The van der Waals surface area contributed by atoms with E-state index in [2.05, 4.69) is 10.2 Å². The average Bonchev–Trinajstić information content (AvgIpc) is 3.25. The fourth-order valence-corrected chi connectivity index (χ4v) is 2.95. The van der Waals surface area contributed by atoms with Crippen LogP contribution >= 0.6 is 11.8 Å². The fourth-order valence-electron chi connectivity index (χ4n) is 2.02. The van der Waals surface area contributed by atoms with Crippen LogP contribution in [-0.2, 0) is 0 Å². The molecular formula is C14H18N4O2S. The number of rotatable bonds is 7. The van der Waals surface area contributed by atoms with Gasteiger partial charge in [0, 0.05) is 17.5 Å². The van der Waals surface area contributed by atoms with Crippen LogP contribution in [0.2, 0.25) is 0 Å². The molecule has 0 spiro atoms. The molecule has 0 atom stereocenters. The molecule has 2 aromatic rings. The Hall–Kier alpha value is -1.89. The maximum atomic E-state index is 11.6. The fraction of sp³-hybridized carbons (Fsp3) is 0.429. The van der Waals surface area contributed by atoms with E-state index in [1.807, 2.05) is 24.3 Å². The van der Waals surface area contributed by atoms with Crippen LogP contribution in [0.15, 0.2) is 34.2 Å². The predicted molar refractivity (Wildman–Crippen MR) is 82.8 cm³/mol. The number of aromatic amines is 1. The summed E-state index contributed by atoms with van der Waals surface area (Å²) in [6, 6.07) is 7.72. The molecule has 21 heavy (non-hydrogen) atoms. The Bertz CT molecular complexity index is 646. The third kappa shape index (κ3) is 3.60. The molecule has 1 heterocycles. The Kier molecular flexibility index (Phi) is 4.19. The summed E-state index contributed by atoms with van der Waals surface area (Å²) in [6.45, 7) is 0.634. The van der Waals surface area contributed by atoms with Gasteiger partial charge in [0.15, 0.2) is 5.16 Å². The van der Waals surface area contributed by atoms with Crippen molar-refractivity contribution in [2.75, 3.05) is 18.1 Å². The Balaban J connectivity index is 1.42. The van der Waals surface area contributed by atoms with Crippen molar-refractivity contribution in [2.45, 2.75) is 30.5 Å². The number of ether oxygens (including phenoxy) is 1. The maximum Gasteiger partial charge on any atom is 0.344 e. The van der Waals surface area contributed by atoms with Gasteiger partial charge in [0.05, 0.1) is 6.61 Å². The van der Waals surface area contributed by atoms with Gasteiger partial charge in [-0.2, -0.15) is 0 Å². The molecular weight excluding hydrogens is 288 g/mol. The van der Waals surface area contributed by atoms with Crippen LogP contribution in [0, 0.1) is 0 Å². The van der Waals surface area contributed by atoms with E-state index in [1.165, 1.54) is 0 Å². The number of aromatic nitrogens is 3. The van der Waals surface area contributed by atoms with Gasteiger partial charge in [-0.3, -0.25) is 4.57 Å². The van der Waals surface area contributed by atoms with Crippen molar-refractivity contribution in [3.8, 4) is 5.75 Å². The van der Waals surface area contributed by atoms with E-state index in [0.29, 0.717) is 12.6 Å². The van der Waals surface area contributed by atoms with E-state index >= 15 is 0 Å². The summed E-state index contributed by atoms with van der Waals surface area (Å²) >= 11 is 1.59. The minimum absolute atomic E-state index is 0.0990. The largest absolute Gasteiger partial charge is 0.494 e. The molecule has 1 aromatic carbocycles. The van der Waals surface area contributed by atoms with E-state index in [0.717, 1.165) is 41.6 Å². The molecule has 0 amide bonds. The van der Waals surface area contributed by atoms with Crippen LogP contribution in [-0.4, -0.2) is 27.1 Å². The summed E-state index contributed by atoms with van der Waals surface area (Å²) in [5.41, 5.74) is 6.25. The first kappa shape index (κ1) is 14.1. The predicted octanol–water partition coefficient (Wildman–Crippen LogP) is 2.05. The number of hydrogen-bond donors (Lipinski definition) is 2. The smallest absolute Gasteiger partial charge is 0.344 e. The second kappa shape index (κ2) is 6.26. The van der Waals surface area contributed by atoms with Crippen molar-refractivity contribution in [2.24, 2.45) is 0 Å². The number of nitrogen functional groups attached to an aromatic ring is 1. The number of nitrogens with zero attached hydrogens (tertiary/aromatic N) is 2. The van der Waals surface area contributed by atoms with Crippen molar-refractivity contribution in [1.82, 2.24) is 14.8 Å². The van der Waals surface area contributed by atoms with Gasteiger partial charge in [0.2, 0.25) is 0 Å². The van der Waals surface area contributed by atoms with Crippen molar-refractivity contribution >= 4 is 17.4 Å². The lowest BCUT2D eigenvalue weighted by molar-refractivity contribution is 0.318. The number of H-pyrrole nitrogens is 1. The van der Waals surface area contributed by atoms with Crippen molar-refractivity contribution < 1.29 is 4.74 Å². The normalized spacial score (nSPS) is 14.3. The van der Waals surface area contributed by atoms with Crippen LogP contribution in [0.3, 0.4) is 0 Å². The minimum atomic E-state index is -0.0990. The lowest BCUT2D eigenvalue weighted by Gasteiger charge is -2.06. The second-order valence-corrected chi connectivity index (χ2v) is 6.09. The molecule has 0 aliphatic heterocycles. The Morgan fingerprint density at radius 1 is 1.38 bits per heavy atom. The first-order valence-corrected chi connectivity index (χ1v) is 8.00. The third-order valence-corrected chi connectivity index (χ3v) is 4.29. The molecule has 0 bridgehead atoms. The van der Waals surface area contributed by atoms with Gasteiger partial charge in [-0.15, -0.1) is 5.10 Å². The van der Waals surface area contributed by atoms with Crippen molar-refractivity contribution in [3.63, 3.8) is 0 Å². The number of nitrogens with one attached hydrogen (secondary N) is 1. The number of nitrogens with two attached hydrogens (primary N) is 1. The van der Waals surface area contributed by atoms with Crippen molar-refractivity contribution in [1.29, 1.82) is 0 Å². The van der Waals surface area contributed by atoms with Crippen LogP contribution < -0.4 is 16.2 Å². The first-order chi connectivity index (χ1) is 10.2. The van der Waals surface area contributed by atoms with E-state index in [-0.39, 0.29) is 5.69 Å². The summed E-state index contributed by atoms with van der Waals surface area (Å²) < 4.78 is 7.40. The quantitative estimate of drug-likeness (QED) is 0.464. The van der Waals surface area contributed by atoms with Crippen LogP contribution in [0.5, 0.6) is 5.75 Å². The summed E-state index contributed by atoms with van der Waals surface area (Å²) in [4.78, 5) is 11.6. The zero-order valence-electron chi connectivity index (χ0n) is 11.6. The van der Waals surface area contributed by atoms with Gasteiger partial charge in [-0.1, -0.05) is 11.8 Å². The second-order valence-electron chi connectivity index (χ2n) is 5.03. The zero-order valence-corrected chi connectivity index (χ0v) is 12.4. The standard InChI is InChI=1S/C14H18N4O2S/c15-10-2-6-12(7-3-10)20-8-1-9-21-14-17-16-13(19)18(14)11-4-5-11/h2-3,6-7,11H,1,4-5,8-9,15H2,(H,16,19). The highest BCUT2D eigenvalue weighted by Gasteiger charge is 2.28. The lowest BCUT2D eigenvalue weighted by atomic mass is 10.3. The Morgan fingerprint density at radius 2 is 2.14 bits per heavy atom. The number of anilines is 1. The molecule has 0 radical (unpaired) electrons. The number of hydrogen-bond acceptors (Lipinski definition) is 5. The molecule has 3 rings (SSSR count). The average molecular weight is 306 g/mol. The van der Waals surface area contributed by atoms with E-state index < -0.39 is 0 Å². The SMILES string of the molecule is Nc1ccc(OCCCSc2n[nH]c(=O)n2C2CC2)cc1. The molecule has 1 aromatic heterocycles. The zero-order chi connectivity index (χ0) is 14.7. The summed E-state index contributed by atoms with van der Waals surface area (Å²) in [5.74, 6) is 1.69. The van der Waals surface area contributed by atoms with Crippen LogP contribution in [0.25, 0.3) is 0 Å². The highest BCUT2D eigenvalue weighted by atomic mass is 32.2. The summed E-state index contributed by atoms with van der Waals surface area (Å²) in [5, 5.41) is 7.39. The molecule has 6 nitrogen and oxygen atoms in total. The molecule has 1 fully saturated rings.